The Labute approximate surface area is 99.3 Å². The summed E-state index contributed by atoms with van der Waals surface area (Å²) in [6.07, 6.45) is 0.586. The lowest BCUT2D eigenvalue weighted by atomic mass is 10.2. The van der Waals surface area contributed by atoms with Gasteiger partial charge in [-0.2, -0.15) is 0 Å². The number of alkyl halides is 1. The van der Waals surface area contributed by atoms with Crippen molar-refractivity contribution < 1.29 is 13.9 Å². The molecule has 16 heavy (non-hydrogen) atoms. The summed E-state index contributed by atoms with van der Waals surface area (Å²) in [6.45, 7) is 0.0631. The van der Waals surface area contributed by atoms with Crippen LogP contribution >= 0.6 is 11.6 Å². The van der Waals surface area contributed by atoms with Crippen molar-refractivity contribution >= 4 is 11.6 Å². The summed E-state index contributed by atoms with van der Waals surface area (Å²) in [4.78, 5) is 0. The molecule has 1 aromatic carbocycles. The minimum Gasteiger partial charge on any atom is -0.466 e. The highest BCUT2D eigenvalue weighted by Crippen LogP contribution is 2.19. The first-order valence-electron chi connectivity index (χ1n) is 4.74. The maximum atomic E-state index is 13.0. The fraction of sp³-hybridized carbons (Fsp3) is 0.333. The average molecular weight is 243 g/mol. The third-order valence-corrected chi connectivity index (χ3v) is 1.91. The lowest BCUT2D eigenvalue weighted by Crippen LogP contribution is -2.00. The summed E-state index contributed by atoms with van der Waals surface area (Å²) < 4.78 is 22.9. The highest BCUT2D eigenvalue weighted by Gasteiger charge is 2.02. The molecule has 0 radical (unpaired) electrons. The Hall–Kier alpha value is -1.24. The van der Waals surface area contributed by atoms with Crippen molar-refractivity contribution in [2.24, 2.45) is 0 Å². The first-order valence-corrected chi connectivity index (χ1v) is 5.27. The van der Waals surface area contributed by atoms with E-state index in [0.29, 0.717) is 23.6 Å². The van der Waals surface area contributed by atoms with Crippen molar-refractivity contribution in [2.45, 2.75) is 6.42 Å². The normalized spacial score (nSPS) is 9.44. The SMILES string of the molecule is COCOc1cc(F)ccc1C#CCCCl. The molecule has 0 atom stereocenters. The van der Waals surface area contributed by atoms with E-state index in [-0.39, 0.29) is 12.6 Å². The zero-order valence-electron chi connectivity index (χ0n) is 8.93. The molecule has 4 heteroatoms. The van der Waals surface area contributed by atoms with Gasteiger partial charge in [0.15, 0.2) is 6.79 Å². The van der Waals surface area contributed by atoms with Gasteiger partial charge in [-0.3, -0.25) is 0 Å². The molecular weight excluding hydrogens is 231 g/mol. The molecule has 1 aromatic rings. The second-order valence-corrected chi connectivity index (χ2v) is 3.31. The molecule has 1 rings (SSSR count). The first kappa shape index (κ1) is 12.8. The zero-order chi connectivity index (χ0) is 11.8. The molecule has 0 fully saturated rings. The molecule has 0 N–H and O–H groups in total. The van der Waals surface area contributed by atoms with Crippen molar-refractivity contribution in [2.75, 3.05) is 19.8 Å². The Bertz CT molecular complexity index is 396. The van der Waals surface area contributed by atoms with Gasteiger partial charge < -0.3 is 9.47 Å². The first-order chi connectivity index (χ1) is 7.77. The number of rotatable bonds is 4. The highest BCUT2D eigenvalue weighted by molar-refractivity contribution is 6.18. The summed E-state index contributed by atoms with van der Waals surface area (Å²) in [7, 11) is 1.50. The van der Waals surface area contributed by atoms with E-state index in [9.17, 15) is 4.39 Å². The number of benzene rings is 1. The molecular formula is C12H12ClFO2. The van der Waals surface area contributed by atoms with Gasteiger partial charge >= 0.3 is 0 Å². The summed E-state index contributed by atoms with van der Waals surface area (Å²) in [6, 6.07) is 4.19. The van der Waals surface area contributed by atoms with Crippen LogP contribution in [0.1, 0.15) is 12.0 Å². The van der Waals surface area contributed by atoms with Gasteiger partial charge in [0.1, 0.15) is 11.6 Å². The van der Waals surface area contributed by atoms with Gasteiger partial charge in [0.2, 0.25) is 0 Å². The summed E-state index contributed by atoms with van der Waals surface area (Å²) in [5.41, 5.74) is 0.628. The molecule has 0 saturated heterocycles. The van der Waals surface area contributed by atoms with E-state index < -0.39 is 0 Å². The van der Waals surface area contributed by atoms with Gasteiger partial charge in [-0.15, -0.1) is 11.6 Å². The Kier molecular flexibility index (Phi) is 5.69. The molecule has 0 heterocycles. The topological polar surface area (TPSA) is 18.5 Å². The van der Waals surface area contributed by atoms with Gasteiger partial charge in [0.05, 0.1) is 5.56 Å². The molecule has 2 nitrogen and oxygen atoms in total. The molecule has 0 aliphatic carbocycles. The predicted molar refractivity (Wildman–Crippen MR) is 61.1 cm³/mol. The van der Waals surface area contributed by atoms with Crippen LogP contribution in [0.25, 0.3) is 0 Å². The Morgan fingerprint density at radius 3 is 2.94 bits per heavy atom. The van der Waals surface area contributed by atoms with Crippen LogP contribution in [-0.2, 0) is 4.74 Å². The van der Waals surface area contributed by atoms with E-state index in [4.69, 9.17) is 21.1 Å². The van der Waals surface area contributed by atoms with Crippen molar-refractivity contribution in [3.63, 3.8) is 0 Å². The summed E-state index contributed by atoms with van der Waals surface area (Å²) >= 11 is 5.50. The lowest BCUT2D eigenvalue weighted by molar-refractivity contribution is 0.0507. The van der Waals surface area contributed by atoms with Crippen molar-refractivity contribution in [1.82, 2.24) is 0 Å². The zero-order valence-corrected chi connectivity index (χ0v) is 9.68. The Morgan fingerprint density at radius 2 is 2.25 bits per heavy atom. The molecule has 0 amide bonds. The van der Waals surface area contributed by atoms with Crippen LogP contribution in [0.3, 0.4) is 0 Å². The van der Waals surface area contributed by atoms with Gasteiger partial charge in [-0.1, -0.05) is 11.8 Å². The maximum Gasteiger partial charge on any atom is 0.188 e. The lowest BCUT2D eigenvalue weighted by Gasteiger charge is -2.06. The molecule has 0 aromatic heterocycles. The molecule has 0 aliphatic rings. The van der Waals surface area contributed by atoms with Crippen molar-refractivity contribution in [3.05, 3.63) is 29.6 Å². The van der Waals surface area contributed by atoms with E-state index in [1.807, 2.05) is 0 Å². The molecule has 0 bridgehead atoms. The fourth-order valence-electron chi connectivity index (χ4n) is 1.05. The van der Waals surface area contributed by atoms with Gasteiger partial charge in [0.25, 0.3) is 0 Å². The largest absolute Gasteiger partial charge is 0.466 e. The maximum absolute atomic E-state index is 13.0. The monoisotopic (exact) mass is 242 g/mol. The third-order valence-electron chi connectivity index (χ3n) is 1.72. The number of ether oxygens (including phenoxy) is 2. The molecule has 0 spiro atoms. The van der Waals surface area contributed by atoms with Crippen LogP contribution in [-0.4, -0.2) is 19.8 Å². The minimum absolute atomic E-state index is 0.0631. The molecule has 0 saturated carbocycles. The molecule has 0 unspecified atom stereocenters. The van der Waals surface area contributed by atoms with Crippen LogP contribution < -0.4 is 4.74 Å². The van der Waals surface area contributed by atoms with Crippen LogP contribution in [0.15, 0.2) is 18.2 Å². The number of hydrogen-bond acceptors (Lipinski definition) is 2. The molecule has 0 aliphatic heterocycles. The number of halogens is 2. The third kappa shape index (κ3) is 4.09. The standard InChI is InChI=1S/C12H12ClFO2/c1-15-9-16-12-8-11(14)6-5-10(12)4-2-3-7-13/h5-6,8H,3,7,9H2,1H3. The second-order valence-electron chi connectivity index (χ2n) is 2.93. The highest BCUT2D eigenvalue weighted by atomic mass is 35.5. The minimum atomic E-state index is -0.367. The van der Waals surface area contributed by atoms with Gasteiger partial charge in [-0.25, -0.2) is 4.39 Å². The Balaban J connectivity index is 2.85. The summed E-state index contributed by atoms with van der Waals surface area (Å²) in [5, 5.41) is 0. The van der Waals surface area contributed by atoms with Gasteiger partial charge in [-0.05, 0) is 12.1 Å². The van der Waals surface area contributed by atoms with Crippen LogP contribution in [0, 0.1) is 17.7 Å². The van der Waals surface area contributed by atoms with Crippen molar-refractivity contribution in [3.8, 4) is 17.6 Å². The van der Waals surface area contributed by atoms with E-state index in [1.165, 1.54) is 19.2 Å². The predicted octanol–water partition coefficient (Wildman–Crippen LogP) is 2.79. The average Bonchev–Trinajstić information content (AvgIpc) is 2.29. The van der Waals surface area contributed by atoms with Crippen molar-refractivity contribution in [1.29, 1.82) is 0 Å². The van der Waals surface area contributed by atoms with Gasteiger partial charge in [0, 0.05) is 25.5 Å². The fourth-order valence-corrected chi connectivity index (χ4v) is 1.14. The molecule has 86 valence electrons. The summed E-state index contributed by atoms with van der Waals surface area (Å²) in [5.74, 6) is 6.22. The smallest absolute Gasteiger partial charge is 0.188 e. The number of methoxy groups -OCH3 is 1. The van der Waals surface area contributed by atoms with Crippen LogP contribution in [0.2, 0.25) is 0 Å². The quantitative estimate of drug-likeness (QED) is 0.459. The second kappa shape index (κ2) is 7.10. The van der Waals surface area contributed by atoms with Crippen LogP contribution in [0.4, 0.5) is 4.39 Å². The van der Waals surface area contributed by atoms with E-state index in [2.05, 4.69) is 11.8 Å². The van der Waals surface area contributed by atoms with E-state index in [0.717, 1.165) is 0 Å². The van der Waals surface area contributed by atoms with E-state index in [1.54, 1.807) is 6.07 Å². The Morgan fingerprint density at radius 1 is 1.44 bits per heavy atom. The number of hydrogen-bond donors (Lipinski definition) is 0. The van der Waals surface area contributed by atoms with Crippen LogP contribution in [0.5, 0.6) is 5.75 Å². The van der Waals surface area contributed by atoms with E-state index >= 15 is 0 Å².